The molecular formula is C15H11N3O2. The molecule has 0 amide bonds. The summed E-state index contributed by atoms with van der Waals surface area (Å²) < 4.78 is 0. The zero-order chi connectivity index (χ0) is 13.9. The van der Waals surface area contributed by atoms with Crippen molar-refractivity contribution < 1.29 is 4.92 Å². The smallest absolute Gasteiger partial charge is 0.276 e. The fourth-order valence-electron chi connectivity index (χ4n) is 2.08. The van der Waals surface area contributed by atoms with E-state index < -0.39 is 0 Å². The molecule has 0 atom stereocenters. The van der Waals surface area contributed by atoms with Crippen LogP contribution in [0.3, 0.4) is 0 Å². The maximum atomic E-state index is 10.9. The van der Waals surface area contributed by atoms with E-state index in [1.807, 2.05) is 24.3 Å². The second kappa shape index (κ2) is 4.97. The van der Waals surface area contributed by atoms with Crippen molar-refractivity contribution in [3.05, 3.63) is 69.9 Å². The number of fused-ring (bicyclic) bond motifs is 1. The van der Waals surface area contributed by atoms with Crippen molar-refractivity contribution >= 4 is 28.7 Å². The van der Waals surface area contributed by atoms with Crippen LogP contribution in [0.2, 0.25) is 0 Å². The molecule has 0 aliphatic rings. The van der Waals surface area contributed by atoms with Gasteiger partial charge in [0.1, 0.15) is 0 Å². The Morgan fingerprint density at radius 1 is 1.05 bits per heavy atom. The van der Waals surface area contributed by atoms with Crippen molar-refractivity contribution in [3.8, 4) is 0 Å². The third-order valence-corrected chi connectivity index (χ3v) is 3.05. The molecule has 5 nitrogen and oxygen atoms in total. The van der Waals surface area contributed by atoms with Crippen LogP contribution in [0.4, 0.5) is 5.69 Å². The number of H-pyrrole nitrogens is 1. The highest BCUT2D eigenvalue weighted by molar-refractivity contribution is 5.89. The van der Waals surface area contributed by atoms with Gasteiger partial charge in [0.15, 0.2) is 0 Å². The van der Waals surface area contributed by atoms with E-state index in [0.717, 1.165) is 16.6 Å². The molecule has 0 bridgehead atoms. The lowest BCUT2D eigenvalue weighted by atomic mass is 10.1. The summed E-state index contributed by atoms with van der Waals surface area (Å²) in [6, 6.07) is 14.4. The van der Waals surface area contributed by atoms with Crippen LogP contribution >= 0.6 is 0 Å². The minimum absolute atomic E-state index is 0.0867. The Balaban J connectivity index is 2.01. The summed E-state index contributed by atoms with van der Waals surface area (Å²) in [5.41, 5.74) is 2.35. The molecule has 20 heavy (non-hydrogen) atoms. The summed E-state index contributed by atoms with van der Waals surface area (Å²) in [4.78, 5) is 10.6. The van der Waals surface area contributed by atoms with Gasteiger partial charge in [-0.15, -0.1) is 0 Å². The van der Waals surface area contributed by atoms with Gasteiger partial charge in [-0.05, 0) is 24.3 Å². The fourth-order valence-corrected chi connectivity index (χ4v) is 2.08. The van der Waals surface area contributed by atoms with Crippen molar-refractivity contribution in [1.82, 2.24) is 10.2 Å². The summed E-state index contributed by atoms with van der Waals surface area (Å²) in [5.74, 6) is 0. The van der Waals surface area contributed by atoms with Crippen molar-refractivity contribution in [2.75, 3.05) is 0 Å². The summed E-state index contributed by atoms with van der Waals surface area (Å²) in [5, 5.41) is 19.1. The Kier molecular flexibility index (Phi) is 3.01. The molecule has 0 unspecified atom stereocenters. The molecule has 1 aromatic heterocycles. The van der Waals surface area contributed by atoms with Crippen LogP contribution < -0.4 is 0 Å². The first kappa shape index (κ1) is 12.1. The second-order valence-corrected chi connectivity index (χ2v) is 4.30. The molecule has 0 radical (unpaired) electrons. The first-order chi connectivity index (χ1) is 9.75. The molecule has 0 aliphatic carbocycles. The van der Waals surface area contributed by atoms with E-state index in [9.17, 15) is 10.1 Å². The van der Waals surface area contributed by atoms with E-state index in [2.05, 4.69) is 10.2 Å². The lowest BCUT2D eigenvalue weighted by Gasteiger charge is -1.96. The van der Waals surface area contributed by atoms with E-state index >= 15 is 0 Å². The molecule has 2 aromatic carbocycles. The standard InChI is InChI=1S/C15H11N3O2/c19-18(20)15-8-4-1-5-11(15)9-10-14-12-6-2-3-7-13(12)16-17-14/h1-10H,(H,16,17). The quantitative estimate of drug-likeness (QED) is 0.580. The molecule has 0 aliphatic heterocycles. The van der Waals surface area contributed by atoms with Gasteiger partial charge in [-0.1, -0.05) is 30.3 Å². The molecule has 0 fully saturated rings. The van der Waals surface area contributed by atoms with E-state index in [4.69, 9.17) is 0 Å². The Morgan fingerprint density at radius 3 is 2.65 bits per heavy atom. The molecule has 1 N–H and O–H groups in total. The number of hydrogen-bond donors (Lipinski definition) is 1. The fraction of sp³-hybridized carbons (Fsp3) is 0. The monoisotopic (exact) mass is 265 g/mol. The Morgan fingerprint density at radius 2 is 1.80 bits per heavy atom. The third-order valence-electron chi connectivity index (χ3n) is 3.05. The highest BCUT2D eigenvalue weighted by Crippen LogP contribution is 2.22. The first-order valence-corrected chi connectivity index (χ1v) is 6.10. The number of nitro benzene ring substituents is 1. The number of hydrogen-bond acceptors (Lipinski definition) is 3. The second-order valence-electron chi connectivity index (χ2n) is 4.30. The summed E-state index contributed by atoms with van der Waals surface area (Å²) in [6.07, 6.45) is 3.49. The van der Waals surface area contributed by atoms with Gasteiger partial charge in [0.2, 0.25) is 0 Å². The minimum Gasteiger partial charge on any atom is -0.277 e. The number of nitro groups is 1. The van der Waals surface area contributed by atoms with Crippen LogP contribution in [0.15, 0.2) is 48.5 Å². The molecule has 98 valence electrons. The van der Waals surface area contributed by atoms with Gasteiger partial charge in [-0.3, -0.25) is 15.2 Å². The van der Waals surface area contributed by atoms with E-state index in [1.165, 1.54) is 6.07 Å². The number of aromatic amines is 1. The topological polar surface area (TPSA) is 71.8 Å². The van der Waals surface area contributed by atoms with E-state index in [0.29, 0.717) is 5.56 Å². The SMILES string of the molecule is O=[N+]([O-])c1ccccc1C=Cc1n[nH]c2ccccc12. The average molecular weight is 265 g/mol. The molecule has 1 heterocycles. The number of rotatable bonds is 3. The van der Waals surface area contributed by atoms with Crippen LogP contribution in [0.25, 0.3) is 23.1 Å². The van der Waals surface area contributed by atoms with Gasteiger partial charge in [0.05, 0.1) is 21.7 Å². The van der Waals surface area contributed by atoms with Crippen molar-refractivity contribution in [2.24, 2.45) is 0 Å². The minimum atomic E-state index is -0.387. The molecule has 0 saturated carbocycles. The summed E-state index contributed by atoms with van der Waals surface area (Å²) >= 11 is 0. The summed E-state index contributed by atoms with van der Waals surface area (Å²) in [6.45, 7) is 0. The highest BCUT2D eigenvalue weighted by atomic mass is 16.6. The predicted molar refractivity (Wildman–Crippen MR) is 78.1 cm³/mol. The highest BCUT2D eigenvalue weighted by Gasteiger charge is 2.09. The molecule has 5 heteroatoms. The van der Waals surface area contributed by atoms with Crippen molar-refractivity contribution in [3.63, 3.8) is 0 Å². The van der Waals surface area contributed by atoms with Crippen LogP contribution in [0.1, 0.15) is 11.3 Å². The molecule has 0 spiro atoms. The maximum absolute atomic E-state index is 10.9. The zero-order valence-corrected chi connectivity index (χ0v) is 10.5. The van der Waals surface area contributed by atoms with Crippen molar-refractivity contribution in [1.29, 1.82) is 0 Å². The average Bonchev–Trinajstić information content (AvgIpc) is 2.88. The summed E-state index contributed by atoms with van der Waals surface area (Å²) in [7, 11) is 0. The van der Waals surface area contributed by atoms with E-state index in [1.54, 1.807) is 30.4 Å². The van der Waals surface area contributed by atoms with Crippen molar-refractivity contribution in [2.45, 2.75) is 0 Å². The number of para-hydroxylation sites is 2. The van der Waals surface area contributed by atoms with Gasteiger partial charge in [-0.2, -0.15) is 5.10 Å². The zero-order valence-electron chi connectivity index (χ0n) is 10.5. The molecule has 0 saturated heterocycles. The Labute approximate surface area is 114 Å². The lowest BCUT2D eigenvalue weighted by molar-refractivity contribution is -0.385. The van der Waals surface area contributed by atoms with Gasteiger partial charge >= 0.3 is 0 Å². The van der Waals surface area contributed by atoms with Gasteiger partial charge in [-0.25, -0.2) is 0 Å². The largest absolute Gasteiger partial charge is 0.277 e. The van der Waals surface area contributed by atoms with Gasteiger partial charge in [0.25, 0.3) is 5.69 Å². The molecule has 3 rings (SSSR count). The van der Waals surface area contributed by atoms with Crippen LogP contribution in [-0.4, -0.2) is 15.1 Å². The lowest BCUT2D eigenvalue weighted by Crippen LogP contribution is -1.90. The molecule has 3 aromatic rings. The van der Waals surface area contributed by atoms with Gasteiger partial charge in [0, 0.05) is 11.5 Å². The third kappa shape index (κ3) is 2.16. The van der Waals surface area contributed by atoms with Crippen LogP contribution in [0, 0.1) is 10.1 Å². The van der Waals surface area contributed by atoms with Gasteiger partial charge < -0.3 is 0 Å². The number of aromatic nitrogens is 2. The first-order valence-electron chi connectivity index (χ1n) is 6.10. The van der Waals surface area contributed by atoms with E-state index in [-0.39, 0.29) is 10.6 Å². The van der Waals surface area contributed by atoms with Crippen LogP contribution in [-0.2, 0) is 0 Å². The maximum Gasteiger partial charge on any atom is 0.276 e. The number of nitrogens with one attached hydrogen (secondary N) is 1. The van der Waals surface area contributed by atoms with Crippen LogP contribution in [0.5, 0.6) is 0 Å². The predicted octanol–water partition coefficient (Wildman–Crippen LogP) is 3.64. The number of benzene rings is 2. The number of nitrogens with zero attached hydrogens (tertiary/aromatic N) is 2. The molecular weight excluding hydrogens is 254 g/mol. The normalized spacial score (nSPS) is 11.2. The Hall–Kier alpha value is -2.95. The Bertz CT molecular complexity index is 805.